The minimum absolute atomic E-state index is 0.0837. The van der Waals surface area contributed by atoms with Gasteiger partial charge in [-0.1, -0.05) is 18.2 Å². The molecule has 0 aliphatic heterocycles. The number of anilines is 1. The van der Waals surface area contributed by atoms with Crippen LogP contribution in [0.4, 0.5) is 5.69 Å². The molecule has 0 saturated heterocycles. The average Bonchev–Trinajstić information content (AvgIpc) is 2.80. The molecule has 124 valence electrons. The van der Waals surface area contributed by atoms with Crippen LogP contribution in [0.3, 0.4) is 0 Å². The lowest BCUT2D eigenvalue weighted by molar-refractivity contribution is -0.116. The van der Waals surface area contributed by atoms with Crippen LogP contribution >= 0.6 is 0 Å². The maximum atomic E-state index is 12.3. The van der Waals surface area contributed by atoms with Gasteiger partial charge in [0.2, 0.25) is 5.91 Å². The normalized spacial score (nSPS) is 12.2. The van der Waals surface area contributed by atoms with E-state index in [2.05, 4.69) is 5.32 Å². The Morgan fingerprint density at radius 2 is 1.83 bits per heavy atom. The highest BCUT2D eigenvalue weighted by Gasteiger charge is 2.13. The second kappa shape index (κ2) is 6.45. The number of aryl methyl sites for hydroxylation is 1. The number of para-hydroxylation sites is 2. The number of carbonyl (C=O) groups is 1. The highest BCUT2D eigenvalue weighted by atomic mass is 32.2. The van der Waals surface area contributed by atoms with E-state index in [4.69, 9.17) is 0 Å². The number of imidazole rings is 1. The van der Waals surface area contributed by atoms with Gasteiger partial charge in [-0.05, 0) is 30.3 Å². The first-order chi connectivity index (χ1) is 11.5. The molecular weight excluding hydrogens is 326 g/mol. The summed E-state index contributed by atoms with van der Waals surface area (Å²) in [4.78, 5) is 25.3. The SMILES string of the molecule is Cn1c(=O)n(CC(=O)Nc2cccc([S@@](C)=O)c2)c2ccccc21. The van der Waals surface area contributed by atoms with Crippen molar-refractivity contribution < 1.29 is 9.00 Å². The number of nitrogens with zero attached hydrogens (tertiary/aromatic N) is 2. The first-order valence-corrected chi connectivity index (χ1v) is 8.91. The molecule has 0 saturated carbocycles. The Bertz CT molecular complexity index is 1000. The van der Waals surface area contributed by atoms with Gasteiger partial charge in [-0.15, -0.1) is 0 Å². The molecule has 24 heavy (non-hydrogen) atoms. The minimum Gasteiger partial charge on any atom is -0.324 e. The van der Waals surface area contributed by atoms with Crippen LogP contribution in [0.25, 0.3) is 11.0 Å². The number of fused-ring (bicyclic) bond motifs is 1. The number of aromatic nitrogens is 2. The van der Waals surface area contributed by atoms with Crippen LogP contribution < -0.4 is 11.0 Å². The van der Waals surface area contributed by atoms with Gasteiger partial charge in [0.25, 0.3) is 0 Å². The largest absolute Gasteiger partial charge is 0.329 e. The molecule has 0 radical (unpaired) electrons. The monoisotopic (exact) mass is 343 g/mol. The number of hydrogen-bond acceptors (Lipinski definition) is 3. The third-order valence-electron chi connectivity index (χ3n) is 3.80. The zero-order chi connectivity index (χ0) is 17.3. The molecule has 0 fully saturated rings. The smallest absolute Gasteiger partial charge is 0.324 e. The third kappa shape index (κ3) is 3.03. The van der Waals surface area contributed by atoms with Crippen molar-refractivity contribution in [3.63, 3.8) is 0 Å². The van der Waals surface area contributed by atoms with Crippen LogP contribution in [0.15, 0.2) is 58.2 Å². The predicted molar refractivity (Wildman–Crippen MR) is 94.6 cm³/mol. The van der Waals surface area contributed by atoms with E-state index in [0.29, 0.717) is 16.1 Å². The van der Waals surface area contributed by atoms with Crippen LogP contribution in [0.1, 0.15) is 0 Å². The van der Waals surface area contributed by atoms with Gasteiger partial charge in [0.05, 0.1) is 11.0 Å². The van der Waals surface area contributed by atoms with E-state index in [1.54, 1.807) is 37.6 Å². The third-order valence-corrected chi connectivity index (χ3v) is 4.72. The Labute approximate surface area is 141 Å². The molecule has 0 bridgehead atoms. The van der Waals surface area contributed by atoms with Crippen LogP contribution in [-0.4, -0.2) is 25.5 Å². The van der Waals surface area contributed by atoms with Gasteiger partial charge < -0.3 is 5.32 Å². The molecule has 1 heterocycles. The molecule has 6 nitrogen and oxygen atoms in total. The summed E-state index contributed by atoms with van der Waals surface area (Å²) in [5.74, 6) is -0.313. The van der Waals surface area contributed by atoms with Crippen LogP contribution in [-0.2, 0) is 29.2 Å². The molecule has 0 aliphatic carbocycles. The Hall–Kier alpha value is -2.67. The molecule has 3 aromatic rings. The molecule has 2 aromatic carbocycles. The first-order valence-electron chi connectivity index (χ1n) is 7.35. The lowest BCUT2D eigenvalue weighted by Gasteiger charge is -2.07. The standard InChI is InChI=1S/C17H17N3O3S/c1-19-14-8-3-4-9-15(14)20(17(19)22)11-16(21)18-12-6-5-7-13(10-12)24(2)23/h3-10H,11H2,1-2H3,(H,18,21)/t24-/m1/s1. The van der Waals surface area contributed by atoms with Crippen molar-refractivity contribution in [3.8, 4) is 0 Å². The fraction of sp³-hybridized carbons (Fsp3) is 0.176. The van der Waals surface area contributed by atoms with Gasteiger partial charge in [0, 0.05) is 34.7 Å². The van der Waals surface area contributed by atoms with E-state index < -0.39 is 10.8 Å². The number of benzene rings is 2. The molecule has 1 atom stereocenters. The molecule has 7 heteroatoms. The second-order valence-corrected chi connectivity index (χ2v) is 6.83. The van der Waals surface area contributed by atoms with Gasteiger partial charge >= 0.3 is 5.69 Å². The molecule has 0 unspecified atom stereocenters. The summed E-state index contributed by atoms with van der Waals surface area (Å²) < 4.78 is 14.5. The zero-order valence-corrected chi connectivity index (χ0v) is 14.2. The fourth-order valence-electron chi connectivity index (χ4n) is 2.61. The lowest BCUT2D eigenvalue weighted by atomic mass is 10.3. The van der Waals surface area contributed by atoms with Crippen LogP contribution in [0.5, 0.6) is 0 Å². The summed E-state index contributed by atoms with van der Waals surface area (Å²) in [5, 5.41) is 2.74. The molecule has 1 N–H and O–H groups in total. The summed E-state index contributed by atoms with van der Waals surface area (Å²) in [5.41, 5.74) is 1.80. The van der Waals surface area contributed by atoms with E-state index >= 15 is 0 Å². The van der Waals surface area contributed by atoms with Crippen LogP contribution in [0, 0.1) is 0 Å². The average molecular weight is 343 g/mol. The van der Waals surface area contributed by atoms with Crippen molar-refractivity contribution in [2.24, 2.45) is 7.05 Å². The topological polar surface area (TPSA) is 73.1 Å². The first kappa shape index (κ1) is 16.2. The van der Waals surface area contributed by atoms with Gasteiger partial charge in [0.1, 0.15) is 6.54 Å². The number of hydrogen-bond donors (Lipinski definition) is 1. The number of amides is 1. The predicted octanol–water partition coefficient (Wildman–Crippen LogP) is 1.72. The van der Waals surface area contributed by atoms with E-state index in [9.17, 15) is 13.8 Å². The van der Waals surface area contributed by atoms with Crippen molar-refractivity contribution in [2.75, 3.05) is 11.6 Å². The molecule has 1 aromatic heterocycles. The molecule has 3 rings (SSSR count). The maximum Gasteiger partial charge on any atom is 0.329 e. The second-order valence-electron chi connectivity index (χ2n) is 5.45. The number of nitrogens with one attached hydrogen (secondary N) is 1. The van der Waals surface area contributed by atoms with E-state index in [1.165, 1.54) is 9.13 Å². The molecule has 0 spiro atoms. The lowest BCUT2D eigenvalue weighted by Crippen LogP contribution is -2.28. The highest BCUT2D eigenvalue weighted by Crippen LogP contribution is 2.14. The quantitative estimate of drug-likeness (QED) is 0.784. The zero-order valence-electron chi connectivity index (χ0n) is 13.4. The highest BCUT2D eigenvalue weighted by molar-refractivity contribution is 7.84. The van der Waals surface area contributed by atoms with E-state index in [0.717, 1.165) is 5.52 Å². The van der Waals surface area contributed by atoms with E-state index in [-0.39, 0.29) is 18.1 Å². The van der Waals surface area contributed by atoms with Gasteiger partial charge in [0.15, 0.2) is 0 Å². The van der Waals surface area contributed by atoms with Crippen molar-refractivity contribution in [1.82, 2.24) is 9.13 Å². The van der Waals surface area contributed by atoms with Gasteiger partial charge in [-0.2, -0.15) is 0 Å². The van der Waals surface area contributed by atoms with Crippen LogP contribution in [0.2, 0.25) is 0 Å². The summed E-state index contributed by atoms with van der Waals surface area (Å²) in [7, 11) is 0.559. The minimum atomic E-state index is -1.12. The maximum absolute atomic E-state index is 12.3. The Kier molecular flexibility index (Phi) is 4.35. The Morgan fingerprint density at radius 3 is 2.54 bits per heavy atom. The summed E-state index contributed by atoms with van der Waals surface area (Å²) >= 11 is 0. The van der Waals surface area contributed by atoms with Crippen molar-refractivity contribution >= 4 is 33.4 Å². The summed E-state index contributed by atoms with van der Waals surface area (Å²) in [6.45, 7) is -0.0837. The fourth-order valence-corrected chi connectivity index (χ4v) is 3.18. The Balaban J connectivity index is 1.86. The Morgan fingerprint density at radius 1 is 1.12 bits per heavy atom. The number of rotatable bonds is 4. The molecule has 0 aliphatic rings. The summed E-state index contributed by atoms with van der Waals surface area (Å²) in [6, 6.07) is 14.2. The van der Waals surface area contributed by atoms with Gasteiger partial charge in [-0.25, -0.2) is 4.79 Å². The molecular formula is C17H17N3O3S. The van der Waals surface area contributed by atoms with Crippen molar-refractivity contribution in [2.45, 2.75) is 11.4 Å². The van der Waals surface area contributed by atoms with E-state index in [1.807, 2.05) is 24.3 Å². The number of carbonyl (C=O) groups excluding carboxylic acids is 1. The summed E-state index contributed by atoms with van der Waals surface area (Å²) in [6.07, 6.45) is 1.58. The molecule has 1 amide bonds. The van der Waals surface area contributed by atoms with Crippen molar-refractivity contribution in [3.05, 3.63) is 59.0 Å². The van der Waals surface area contributed by atoms with Crippen molar-refractivity contribution in [1.29, 1.82) is 0 Å². The van der Waals surface area contributed by atoms with Gasteiger partial charge in [-0.3, -0.25) is 18.1 Å².